The topological polar surface area (TPSA) is 97.3 Å². The number of fused-ring (bicyclic) bond motifs is 1. The van der Waals surface area contributed by atoms with Crippen LogP contribution in [-0.2, 0) is 19.4 Å². The van der Waals surface area contributed by atoms with Gasteiger partial charge in [-0.25, -0.2) is 0 Å². The number of nitrogens with zero attached hydrogens (tertiary/aromatic N) is 7. The first-order chi connectivity index (χ1) is 13.3. The molecule has 0 fully saturated rings. The van der Waals surface area contributed by atoms with Crippen LogP contribution in [0.15, 0.2) is 35.7 Å². The van der Waals surface area contributed by atoms with Gasteiger partial charge in [0, 0.05) is 45.2 Å². The summed E-state index contributed by atoms with van der Waals surface area (Å²) in [5, 5.41) is 23.1. The molecule has 0 saturated carbocycles. The van der Waals surface area contributed by atoms with Gasteiger partial charge in [-0.1, -0.05) is 13.0 Å². The number of halogens is 1. The number of nitrogens with one attached hydrogen (secondary N) is 2. The van der Waals surface area contributed by atoms with Crippen LogP contribution in [0.2, 0.25) is 0 Å². The van der Waals surface area contributed by atoms with E-state index in [4.69, 9.17) is 0 Å². The fraction of sp³-hybridized carbons (Fsp3) is 0.500. The number of aryl methyl sites for hydroxylation is 2. The molecule has 0 aliphatic rings. The summed E-state index contributed by atoms with van der Waals surface area (Å²) in [6.07, 6.45) is 6.40. The van der Waals surface area contributed by atoms with Crippen molar-refractivity contribution in [1.29, 1.82) is 0 Å². The molecule has 0 atom stereocenters. The lowest BCUT2D eigenvalue weighted by atomic mass is 10.3. The number of aliphatic imine (C=N–C) groups is 1. The van der Waals surface area contributed by atoms with Gasteiger partial charge in [-0.3, -0.25) is 9.39 Å². The van der Waals surface area contributed by atoms with E-state index >= 15 is 0 Å². The van der Waals surface area contributed by atoms with Crippen molar-refractivity contribution < 1.29 is 0 Å². The summed E-state index contributed by atoms with van der Waals surface area (Å²) in [5.74, 6) is 2.80. The second-order valence-electron chi connectivity index (χ2n) is 6.13. The third kappa shape index (κ3) is 5.88. The number of guanidine groups is 1. The van der Waals surface area contributed by atoms with Gasteiger partial charge in [-0.05, 0) is 25.5 Å². The van der Waals surface area contributed by atoms with Gasteiger partial charge in [0.25, 0.3) is 0 Å². The quantitative estimate of drug-likeness (QED) is 0.202. The summed E-state index contributed by atoms with van der Waals surface area (Å²) in [6.45, 7) is 7.28. The van der Waals surface area contributed by atoms with Gasteiger partial charge in [0.15, 0.2) is 11.6 Å². The maximum Gasteiger partial charge on any atom is 0.191 e. The summed E-state index contributed by atoms with van der Waals surface area (Å²) < 4.78 is 4.09. The molecule has 0 bridgehead atoms. The molecule has 0 amide bonds. The SMILES string of the molecule is CCNC(=NCCCc1nnc2ccccn12)NCCn1cnnc1CC.I. The maximum absolute atomic E-state index is 4.65. The molecule has 0 spiro atoms. The zero-order valence-electron chi connectivity index (χ0n) is 16.4. The first kappa shape index (κ1) is 22.1. The molecule has 0 unspecified atom stereocenters. The lowest BCUT2D eigenvalue weighted by Gasteiger charge is -2.12. The highest BCUT2D eigenvalue weighted by Crippen LogP contribution is 2.05. The minimum atomic E-state index is 0. The van der Waals surface area contributed by atoms with E-state index in [1.54, 1.807) is 6.33 Å². The Bertz CT molecular complexity index is 871. The maximum atomic E-state index is 4.65. The van der Waals surface area contributed by atoms with Crippen molar-refractivity contribution >= 4 is 35.6 Å². The van der Waals surface area contributed by atoms with E-state index in [0.717, 1.165) is 68.7 Å². The van der Waals surface area contributed by atoms with E-state index in [0.29, 0.717) is 0 Å². The molecule has 2 N–H and O–H groups in total. The lowest BCUT2D eigenvalue weighted by molar-refractivity contribution is 0.632. The normalized spacial score (nSPS) is 11.4. The molecule has 0 aliphatic carbocycles. The Morgan fingerprint density at radius 2 is 2.00 bits per heavy atom. The van der Waals surface area contributed by atoms with E-state index in [2.05, 4.69) is 54.4 Å². The van der Waals surface area contributed by atoms with Crippen molar-refractivity contribution in [2.75, 3.05) is 19.6 Å². The van der Waals surface area contributed by atoms with Crippen LogP contribution in [0.5, 0.6) is 0 Å². The van der Waals surface area contributed by atoms with Crippen LogP contribution in [-0.4, -0.2) is 55.0 Å². The molecule has 3 aromatic rings. The molecule has 10 heteroatoms. The molecule has 0 aromatic carbocycles. The molecule has 0 radical (unpaired) electrons. The van der Waals surface area contributed by atoms with E-state index in [1.807, 2.05) is 28.8 Å². The molecule has 28 heavy (non-hydrogen) atoms. The van der Waals surface area contributed by atoms with E-state index in [9.17, 15) is 0 Å². The van der Waals surface area contributed by atoms with Crippen molar-refractivity contribution in [3.8, 4) is 0 Å². The second kappa shape index (κ2) is 11.6. The Labute approximate surface area is 182 Å². The molecule has 3 heterocycles. The zero-order chi connectivity index (χ0) is 18.9. The Morgan fingerprint density at radius 1 is 1.11 bits per heavy atom. The van der Waals surface area contributed by atoms with E-state index in [1.165, 1.54) is 0 Å². The van der Waals surface area contributed by atoms with Crippen LogP contribution in [0.3, 0.4) is 0 Å². The van der Waals surface area contributed by atoms with E-state index in [-0.39, 0.29) is 24.0 Å². The van der Waals surface area contributed by atoms with Crippen molar-refractivity contribution in [2.45, 2.75) is 39.7 Å². The van der Waals surface area contributed by atoms with Crippen LogP contribution in [0.4, 0.5) is 0 Å². The summed E-state index contributed by atoms with van der Waals surface area (Å²) in [4.78, 5) is 4.65. The minimum absolute atomic E-state index is 0. The predicted octanol–water partition coefficient (Wildman–Crippen LogP) is 1.69. The summed E-state index contributed by atoms with van der Waals surface area (Å²) in [5.41, 5.74) is 0.881. The highest BCUT2D eigenvalue weighted by molar-refractivity contribution is 14.0. The molecule has 0 saturated heterocycles. The second-order valence-corrected chi connectivity index (χ2v) is 6.13. The molecular formula is C18H28IN9. The number of aromatic nitrogens is 6. The van der Waals surface area contributed by atoms with Crippen molar-refractivity contribution in [2.24, 2.45) is 4.99 Å². The van der Waals surface area contributed by atoms with Crippen LogP contribution in [0.25, 0.3) is 5.65 Å². The highest BCUT2D eigenvalue weighted by Gasteiger charge is 2.05. The Kier molecular flexibility index (Phi) is 9.11. The van der Waals surface area contributed by atoms with Crippen molar-refractivity contribution in [3.05, 3.63) is 42.4 Å². The largest absolute Gasteiger partial charge is 0.357 e. The van der Waals surface area contributed by atoms with Crippen LogP contribution < -0.4 is 10.6 Å². The summed E-state index contributed by atoms with van der Waals surface area (Å²) in [6, 6.07) is 5.92. The molecule has 3 rings (SSSR count). The molecule has 3 aromatic heterocycles. The third-order valence-electron chi connectivity index (χ3n) is 4.21. The Hall–Kier alpha value is -2.24. The molecule has 0 aliphatic heterocycles. The van der Waals surface area contributed by atoms with Crippen LogP contribution in [0.1, 0.15) is 31.9 Å². The van der Waals surface area contributed by atoms with Gasteiger partial charge < -0.3 is 15.2 Å². The first-order valence-electron chi connectivity index (χ1n) is 9.49. The highest BCUT2D eigenvalue weighted by atomic mass is 127. The monoisotopic (exact) mass is 497 g/mol. The summed E-state index contributed by atoms with van der Waals surface area (Å²) in [7, 11) is 0. The van der Waals surface area contributed by atoms with Gasteiger partial charge in [-0.15, -0.1) is 44.4 Å². The molecular weight excluding hydrogens is 469 g/mol. The zero-order valence-corrected chi connectivity index (χ0v) is 18.7. The van der Waals surface area contributed by atoms with Crippen LogP contribution >= 0.6 is 24.0 Å². The van der Waals surface area contributed by atoms with Gasteiger partial charge >= 0.3 is 0 Å². The van der Waals surface area contributed by atoms with Gasteiger partial charge in [0.2, 0.25) is 0 Å². The fourth-order valence-corrected chi connectivity index (χ4v) is 2.87. The van der Waals surface area contributed by atoms with Gasteiger partial charge in [0.05, 0.1) is 0 Å². The van der Waals surface area contributed by atoms with Gasteiger partial charge in [-0.2, -0.15) is 0 Å². The number of pyridine rings is 1. The van der Waals surface area contributed by atoms with Crippen molar-refractivity contribution in [3.63, 3.8) is 0 Å². The average Bonchev–Trinajstić information content (AvgIpc) is 3.32. The van der Waals surface area contributed by atoms with E-state index < -0.39 is 0 Å². The third-order valence-corrected chi connectivity index (χ3v) is 4.21. The fourth-order valence-electron chi connectivity index (χ4n) is 2.87. The van der Waals surface area contributed by atoms with Gasteiger partial charge in [0.1, 0.15) is 18.0 Å². The first-order valence-corrected chi connectivity index (χ1v) is 9.49. The number of hydrogen-bond donors (Lipinski definition) is 2. The Balaban J connectivity index is 0.00000280. The number of rotatable bonds is 9. The van der Waals surface area contributed by atoms with Crippen LogP contribution in [0, 0.1) is 0 Å². The smallest absolute Gasteiger partial charge is 0.191 e. The molecule has 9 nitrogen and oxygen atoms in total. The average molecular weight is 497 g/mol. The molecule has 152 valence electrons. The standard InChI is InChI=1S/C18H27N9.HI/c1-3-15-23-22-14-26(15)13-11-21-18(19-4-2)20-10-7-9-17-25-24-16-8-5-6-12-27(16)17;/h5-6,8,12,14H,3-4,7,9-11,13H2,1-2H3,(H2,19,20,21);1H. The van der Waals surface area contributed by atoms with Crippen molar-refractivity contribution in [1.82, 2.24) is 40.0 Å². The minimum Gasteiger partial charge on any atom is -0.357 e. The predicted molar refractivity (Wildman–Crippen MR) is 120 cm³/mol. The lowest BCUT2D eigenvalue weighted by Crippen LogP contribution is -2.39. The number of hydrogen-bond acceptors (Lipinski definition) is 5. The Morgan fingerprint density at radius 3 is 2.82 bits per heavy atom. The summed E-state index contributed by atoms with van der Waals surface area (Å²) >= 11 is 0.